The summed E-state index contributed by atoms with van der Waals surface area (Å²) in [5.41, 5.74) is 0.468. The molecule has 0 bridgehead atoms. The Bertz CT molecular complexity index is 752. The van der Waals surface area contributed by atoms with Crippen LogP contribution in [0.4, 0.5) is 18.9 Å². The second kappa shape index (κ2) is 7.38. The number of aliphatic imine (C=N–C) groups is 2. The molecule has 2 heterocycles. The summed E-state index contributed by atoms with van der Waals surface area (Å²) in [6, 6.07) is 2.17. The summed E-state index contributed by atoms with van der Waals surface area (Å²) in [6.07, 6.45) is -2.48. The number of nitrogens with zero attached hydrogens (tertiary/aromatic N) is 5. The number of nitriles is 1. The van der Waals surface area contributed by atoms with Crippen molar-refractivity contribution in [1.29, 1.82) is 5.26 Å². The predicted octanol–water partition coefficient (Wildman–Crippen LogP) is 2.45. The molecule has 0 amide bonds. The zero-order valence-electron chi connectivity index (χ0n) is 13.9. The largest absolute Gasteiger partial charge is 0.415 e. The lowest BCUT2D eigenvalue weighted by Gasteiger charge is -2.13. The van der Waals surface area contributed by atoms with Crippen molar-refractivity contribution in [3.05, 3.63) is 23.3 Å². The summed E-state index contributed by atoms with van der Waals surface area (Å²) in [7, 11) is 0. The summed E-state index contributed by atoms with van der Waals surface area (Å²) < 4.78 is 40.5. The van der Waals surface area contributed by atoms with Gasteiger partial charge in [0, 0.05) is 13.0 Å². The number of anilines is 1. The number of hydrogen-bond donors (Lipinski definition) is 2. The first-order valence-electron chi connectivity index (χ1n) is 7.58. The summed E-state index contributed by atoms with van der Waals surface area (Å²) in [5.74, 6) is -0.592. The molecule has 0 radical (unpaired) electrons. The molecule has 1 atom stereocenters. The molecule has 0 aromatic carbocycles. The van der Waals surface area contributed by atoms with E-state index in [1.807, 2.05) is 0 Å². The normalized spacial score (nSPS) is 18.2. The maximum Gasteiger partial charge on any atom is 0.415 e. The Hall–Kier alpha value is -2.83. The zero-order valence-corrected chi connectivity index (χ0v) is 13.9. The Morgan fingerprint density at radius 1 is 1.56 bits per heavy atom. The van der Waals surface area contributed by atoms with Gasteiger partial charge < -0.3 is 10.6 Å². The van der Waals surface area contributed by atoms with Gasteiger partial charge in [-0.15, -0.1) is 0 Å². The predicted molar refractivity (Wildman–Crippen MR) is 88.1 cm³/mol. The molecule has 0 fully saturated rings. The molecule has 134 valence electrons. The van der Waals surface area contributed by atoms with Crippen LogP contribution in [0, 0.1) is 17.2 Å². The summed E-state index contributed by atoms with van der Waals surface area (Å²) in [4.78, 5) is 7.57. The summed E-state index contributed by atoms with van der Waals surface area (Å²) in [5, 5.41) is 18.6. The van der Waals surface area contributed by atoms with Crippen molar-refractivity contribution in [1.82, 2.24) is 15.1 Å². The second-order valence-electron chi connectivity index (χ2n) is 5.44. The van der Waals surface area contributed by atoms with E-state index in [1.54, 1.807) is 11.6 Å². The number of rotatable bonds is 4. The monoisotopic (exact) mass is 353 g/mol. The van der Waals surface area contributed by atoms with Crippen molar-refractivity contribution < 1.29 is 13.2 Å². The quantitative estimate of drug-likeness (QED) is 0.643. The first kappa shape index (κ1) is 18.5. The third-order valence-electron chi connectivity index (χ3n) is 3.70. The minimum absolute atomic E-state index is 0.0873. The molecule has 0 saturated heterocycles. The number of allylic oxidation sites excluding steroid dienone is 1. The van der Waals surface area contributed by atoms with E-state index in [0.717, 1.165) is 12.6 Å². The molecule has 1 aliphatic rings. The van der Waals surface area contributed by atoms with E-state index in [0.29, 0.717) is 18.7 Å². The van der Waals surface area contributed by atoms with Crippen LogP contribution in [0.25, 0.3) is 0 Å². The van der Waals surface area contributed by atoms with Gasteiger partial charge in [0.05, 0.1) is 41.7 Å². The molecule has 25 heavy (non-hydrogen) atoms. The van der Waals surface area contributed by atoms with Crippen LogP contribution in [0.15, 0.2) is 27.6 Å². The van der Waals surface area contributed by atoms with Gasteiger partial charge in [0.1, 0.15) is 5.82 Å². The highest BCUT2D eigenvalue weighted by molar-refractivity contribution is 5.97. The van der Waals surface area contributed by atoms with Gasteiger partial charge in [-0.25, -0.2) is 4.99 Å². The zero-order chi connectivity index (χ0) is 18.6. The molecule has 0 aliphatic carbocycles. The lowest BCUT2D eigenvalue weighted by molar-refractivity contribution is -0.0925. The maximum atomic E-state index is 12.9. The number of halogens is 3. The van der Waals surface area contributed by atoms with Gasteiger partial charge in [-0.3, -0.25) is 4.68 Å². The highest BCUT2D eigenvalue weighted by Crippen LogP contribution is 2.28. The van der Waals surface area contributed by atoms with Gasteiger partial charge in [0.25, 0.3) is 0 Å². The Kier molecular flexibility index (Phi) is 5.46. The minimum Gasteiger partial charge on any atom is -0.370 e. The Labute approximate surface area is 143 Å². The minimum atomic E-state index is -4.51. The van der Waals surface area contributed by atoms with Gasteiger partial charge >= 0.3 is 6.18 Å². The molecular formula is C15H18F3N7. The van der Waals surface area contributed by atoms with E-state index in [9.17, 15) is 13.2 Å². The number of nitrogens with one attached hydrogen (secondary N) is 2. The summed E-state index contributed by atoms with van der Waals surface area (Å²) in [6.45, 7) is 6.71. The van der Waals surface area contributed by atoms with Gasteiger partial charge in [-0.05, 0) is 20.6 Å². The Morgan fingerprint density at radius 2 is 2.28 bits per heavy atom. The number of guanidine groups is 1. The molecule has 1 aliphatic heterocycles. The first-order chi connectivity index (χ1) is 11.8. The fourth-order valence-corrected chi connectivity index (χ4v) is 2.37. The fraction of sp³-hybridized carbons (Fsp3) is 0.467. The van der Waals surface area contributed by atoms with E-state index >= 15 is 0 Å². The molecule has 2 rings (SSSR count). The van der Waals surface area contributed by atoms with Crippen molar-refractivity contribution in [2.45, 2.75) is 33.0 Å². The van der Waals surface area contributed by atoms with Crippen LogP contribution < -0.4 is 10.6 Å². The van der Waals surface area contributed by atoms with Crippen LogP contribution >= 0.6 is 0 Å². The van der Waals surface area contributed by atoms with Crippen molar-refractivity contribution in [2.75, 3.05) is 11.9 Å². The molecule has 2 N–H and O–H groups in total. The highest BCUT2D eigenvalue weighted by atomic mass is 19.4. The Morgan fingerprint density at radius 3 is 2.84 bits per heavy atom. The van der Waals surface area contributed by atoms with E-state index in [-0.39, 0.29) is 24.2 Å². The second-order valence-corrected chi connectivity index (χ2v) is 5.44. The average molecular weight is 353 g/mol. The van der Waals surface area contributed by atoms with E-state index < -0.39 is 11.7 Å². The van der Waals surface area contributed by atoms with Crippen LogP contribution in [0.2, 0.25) is 0 Å². The molecule has 10 heteroatoms. The number of aromatic nitrogens is 2. The van der Waals surface area contributed by atoms with Crippen LogP contribution in [0.5, 0.6) is 0 Å². The van der Waals surface area contributed by atoms with Crippen molar-refractivity contribution in [2.24, 2.45) is 15.9 Å². The standard InChI is InChI=1S/C15H18F3N7/c1-4-21-13(9(2)15(16,17)18)24-14(20-3)23-11-7-22-25-8-10(6-19)5-12(11)25/h7,10,21H,3-5,8H2,1-2H3,(H,23,24)/b13-9+. The van der Waals surface area contributed by atoms with Gasteiger partial charge in [0.2, 0.25) is 5.96 Å². The lowest BCUT2D eigenvalue weighted by atomic mass is 10.1. The average Bonchev–Trinajstić information content (AvgIpc) is 3.13. The number of alkyl halides is 3. The maximum absolute atomic E-state index is 12.9. The third kappa shape index (κ3) is 4.17. The van der Waals surface area contributed by atoms with Crippen LogP contribution in [-0.4, -0.2) is 35.2 Å². The first-order valence-corrected chi connectivity index (χ1v) is 7.58. The summed E-state index contributed by atoms with van der Waals surface area (Å²) >= 11 is 0. The third-order valence-corrected chi connectivity index (χ3v) is 3.70. The number of fused-ring (bicyclic) bond motifs is 1. The van der Waals surface area contributed by atoms with Gasteiger partial charge in [-0.1, -0.05) is 0 Å². The van der Waals surface area contributed by atoms with Gasteiger partial charge in [0.15, 0.2) is 0 Å². The molecule has 1 aromatic rings. The molecule has 0 saturated carbocycles. The van der Waals surface area contributed by atoms with E-state index in [1.165, 1.54) is 6.20 Å². The van der Waals surface area contributed by atoms with E-state index in [2.05, 4.69) is 38.5 Å². The van der Waals surface area contributed by atoms with Crippen LogP contribution in [0.3, 0.4) is 0 Å². The van der Waals surface area contributed by atoms with E-state index in [4.69, 9.17) is 5.26 Å². The smallest absolute Gasteiger partial charge is 0.370 e. The Balaban J connectivity index is 2.30. The van der Waals surface area contributed by atoms with Crippen molar-refractivity contribution in [3.8, 4) is 6.07 Å². The van der Waals surface area contributed by atoms with Gasteiger partial charge in [-0.2, -0.15) is 28.5 Å². The molecule has 1 aromatic heterocycles. The van der Waals surface area contributed by atoms with Crippen molar-refractivity contribution >= 4 is 18.4 Å². The molecule has 0 spiro atoms. The topological polar surface area (TPSA) is 90.4 Å². The lowest BCUT2D eigenvalue weighted by Crippen LogP contribution is -2.22. The molecule has 7 nitrogen and oxygen atoms in total. The molecular weight excluding hydrogens is 335 g/mol. The SMILES string of the molecule is C=NC(=N/C(NCC)=C(\C)C(F)(F)F)Nc1cnn2c1CC(C#N)C2. The molecule has 1 unspecified atom stereocenters. The fourth-order valence-electron chi connectivity index (χ4n) is 2.37. The highest BCUT2D eigenvalue weighted by Gasteiger charge is 2.33. The number of hydrogen-bond acceptors (Lipinski definition) is 4. The van der Waals surface area contributed by atoms with Crippen LogP contribution in [-0.2, 0) is 13.0 Å². The van der Waals surface area contributed by atoms with Crippen LogP contribution in [0.1, 0.15) is 19.5 Å². The van der Waals surface area contributed by atoms with Crippen molar-refractivity contribution in [3.63, 3.8) is 0 Å².